The molecule has 1 amide bonds. The molecule has 2 aromatic rings. The lowest BCUT2D eigenvalue weighted by Gasteiger charge is -2.33. The molecule has 0 saturated heterocycles. The Morgan fingerprint density at radius 1 is 1.18 bits per heavy atom. The van der Waals surface area contributed by atoms with E-state index in [2.05, 4.69) is 20.9 Å². The Labute approximate surface area is 204 Å². The first kappa shape index (κ1) is 25.1. The van der Waals surface area contributed by atoms with Gasteiger partial charge in [-0.05, 0) is 36.6 Å². The van der Waals surface area contributed by atoms with Gasteiger partial charge in [0.1, 0.15) is 5.69 Å². The molecule has 0 unspecified atom stereocenters. The number of rotatable bonds is 5. The average molecular weight is 562 g/mol. The van der Waals surface area contributed by atoms with Crippen LogP contribution in [0.2, 0.25) is 0 Å². The number of nitrogens with zero attached hydrogens (tertiary/aromatic N) is 3. The molecule has 2 aliphatic rings. The molecule has 0 radical (unpaired) electrons. The molecule has 1 aromatic carbocycles. The van der Waals surface area contributed by atoms with Gasteiger partial charge in [-0.1, -0.05) is 47.0 Å². The number of sulfonamides is 1. The van der Waals surface area contributed by atoms with E-state index in [4.69, 9.17) is 4.74 Å². The Morgan fingerprint density at radius 3 is 2.56 bits per heavy atom. The van der Waals surface area contributed by atoms with Crippen LogP contribution in [0.1, 0.15) is 41.7 Å². The van der Waals surface area contributed by atoms with Gasteiger partial charge in [0.25, 0.3) is 5.91 Å². The lowest BCUT2D eigenvalue weighted by molar-refractivity contribution is -0.0495. The number of amides is 1. The third-order valence-electron chi connectivity index (χ3n) is 6.00. The largest absolute Gasteiger partial charge is 0.511 e. The molecule has 0 bridgehead atoms. The summed E-state index contributed by atoms with van der Waals surface area (Å²) in [5.41, 5.74) is -4.79. The van der Waals surface area contributed by atoms with Crippen molar-refractivity contribution in [1.29, 1.82) is 0 Å². The number of pyridine rings is 1. The SMILES string of the molecule is O=C(c1cc(Br)ccn1)N1c2ccccc2CN(S(=O)(=O)C(F)(F)F)C[C@H]1COC1CCCC1. The smallest absolute Gasteiger partial charge is 0.376 e. The van der Waals surface area contributed by atoms with Crippen molar-refractivity contribution in [3.8, 4) is 0 Å². The molecule has 1 aromatic heterocycles. The van der Waals surface area contributed by atoms with Crippen molar-refractivity contribution >= 4 is 37.5 Å². The molecule has 7 nitrogen and oxygen atoms in total. The molecule has 1 atom stereocenters. The van der Waals surface area contributed by atoms with E-state index in [0.717, 1.165) is 25.7 Å². The highest BCUT2D eigenvalue weighted by atomic mass is 79.9. The van der Waals surface area contributed by atoms with Crippen LogP contribution in [0.3, 0.4) is 0 Å². The van der Waals surface area contributed by atoms with E-state index in [9.17, 15) is 26.4 Å². The van der Waals surface area contributed by atoms with Gasteiger partial charge in [-0.3, -0.25) is 14.7 Å². The van der Waals surface area contributed by atoms with Crippen LogP contribution in [-0.4, -0.2) is 54.4 Å². The Morgan fingerprint density at radius 2 is 1.88 bits per heavy atom. The van der Waals surface area contributed by atoms with E-state index < -0.39 is 40.6 Å². The minimum atomic E-state index is -5.64. The molecule has 0 spiro atoms. The zero-order valence-electron chi connectivity index (χ0n) is 18.0. The van der Waals surface area contributed by atoms with E-state index in [-0.39, 0.29) is 24.0 Å². The topological polar surface area (TPSA) is 79.8 Å². The number of ether oxygens (including phenoxy) is 1. The van der Waals surface area contributed by atoms with Crippen LogP contribution in [0.4, 0.5) is 18.9 Å². The summed E-state index contributed by atoms with van der Waals surface area (Å²) in [5.74, 6) is -0.556. The molecule has 1 aliphatic heterocycles. The maximum atomic E-state index is 13.6. The molecule has 1 saturated carbocycles. The van der Waals surface area contributed by atoms with Crippen LogP contribution in [0.5, 0.6) is 0 Å². The van der Waals surface area contributed by atoms with E-state index in [1.807, 2.05) is 0 Å². The number of para-hydroxylation sites is 1. The molecule has 4 rings (SSSR count). The van der Waals surface area contributed by atoms with Crippen LogP contribution in [-0.2, 0) is 21.3 Å². The van der Waals surface area contributed by atoms with Crippen molar-refractivity contribution in [3.63, 3.8) is 0 Å². The van der Waals surface area contributed by atoms with Crippen molar-refractivity contribution < 1.29 is 31.1 Å². The van der Waals surface area contributed by atoms with Crippen LogP contribution >= 0.6 is 15.9 Å². The first-order valence-electron chi connectivity index (χ1n) is 10.8. The van der Waals surface area contributed by atoms with E-state index >= 15 is 0 Å². The van der Waals surface area contributed by atoms with Crippen molar-refractivity contribution in [2.24, 2.45) is 0 Å². The summed E-state index contributed by atoms with van der Waals surface area (Å²) < 4.78 is 72.3. The van der Waals surface area contributed by atoms with Gasteiger partial charge < -0.3 is 4.74 Å². The number of hydrogen-bond acceptors (Lipinski definition) is 5. The van der Waals surface area contributed by atoms with Gasteiger partial charge in [0.2, 0.25) is 0 Å². The molecule has 1 aliphatic carbocycles. The monoisotopic (exact) mass is 561 g/mol. The van der Waals surface area contributed by atoms with Gasteiger partial charge in [-0.25, -0.2) is 8.42 Å². The minimum absolute atomic E-state index is 0.0715. The van der Waals surface area contributed by atoms with Gasteiger partial charge in [-0.15, -0.1) is 0 Å². The molecule has 12 heteroatoms. The first-order chi connectivity index (χ1) is 16.1. The number of alkyl halides is 3. The van der Waals surface area contributed by atoms with Gasteiger partial charge in [-0.2, -0.15) is 17.5 Å². The number of benzene rings is 1. The second-order valence-electron chi connectivity index (χ2n) is 8.30. The Balaban J connectivity index is 1.78. The van der Waals surface area contributed by atoms with Crippen LogP contribution in [0, 0.1) is 0 Å². The third-order valence-corrected chi connectivity index (χ3v) is 8.03. The maximum absolute atomic E-state index is 13.6. The molecule has 2 heterocycles. The number of carbonyl (C=O) groups is 1. The number of hydrogen-bond donors (Lipinski definition) is 0. The van der Waals surface area contributed by atoms with Crippen LogP contribution in [0.15, 0.2) is 47.1 Å². The molecule has 0 N–H and O–H groups in total. The fourth-order valence-corrected chi connectivity index (χ4v) is 5.63. The van der Waals surface area contributed by atoms with E-state index in [1.54, 1.807) is 24.3 Å². The number of aromatic nitrogens is 1. The second kappa shape index (κ2) is 9.92. The highest BCUT2D eigenvalue weighted by molar-refractivity contribution is 9.10. The summed E-state index contributed by atoms with van der Waals surface area (Å²) in [5, 5.41) is 0. The highest BCUT2D eigenvalue weighted by Crippen LogP contribution is 2.35. The normalized spacial score (nSPS) is 20.2. The zero-order valence-corrected chi connectivity index (χ0v) is 20.4. The average Bonchev–Trinajstić information content (AvgIpc) is 3.24. The number of carbonyl (C=O) groups excluding carboxylic acids is 1. The third kappa shape index (κ3) is 5.14. The van der Waals surface area contributed by atoms with Crippen molar-refractivity contribution in [1.82, 2.24) is 9.29 Å². The lowest BCUT2D eigenvalue weighted by Crippen LogP contribution is -2.51. The summed E-state index contributed by atoms with van der Waals surface area (Å²) in [6.07, 6.45) is 4.96. The predicted molar refractivity (Wildman–Crippen MR) is 123 cm³/mol. The van der Waals surface area contributed by atoms with Gasteiger partial charge >= 0.3 is 15.5 Å². The van der Waals surface area contributed by atoms with Crippen molar-refractivity contribution in [2.75, 3.05) is 18.1 Å². The quantitative estimate of drug-likeness (QED) is 0.537. The summed E-state index contributed by atoms with van der Waals surface area (Å²) in [7, 11) is -5.64. The fraction of sp³-hybridized carbons (Fsp3) is 0.455. The number of halogens is 4. The number of fused-ring (bicyclic) bond motifs is 1. The first-order valence-corrected chi connectivity index (χ1v) is 13.0. The summed E-state index contributed by atoms with van der Waals surface area (Å²) >= 11 is 3.30. The molecule has 34 heavy (non-hydrogen) atoms. The zero-order chi connectivity index (χ0) is 24.5. The maximum Gasteiger partial charge on any atom is 0.511 e. The van der Waals surface area contributed by atoms with Crippen molar-refractivity contribution in [3.05, 3.63) is 58.3 Å². The number of anilines is 1. The fourth-order valence-electron chi connectivity index (χ4n) is 4.33. The van der Waals surface area contributed by atoms with Gasteiger partial charge in [0, 0.05) is 29.4 Å². The molecular formula is C22H23BrF3N3O4S. The Hall–Kier alpha value is -2.02. The molecule has 184 valence electrons. The standard InChI is InChI=1S/C22H23BrF3N3O4S/c23-16-9-10-27-19(11-16)21(30)29-17(14-33-18-6-2-3-7-18)13-28(34(31,32)22(24,25)26)12-15-5-1-4-8-20(15)29/h1,4-5,8-11,17-18H,2-3,6-7,12-14H2/t17-/m0/s1. The second-order valence-corrected chi connectivity index (χ2v) is 11.1. The van der Waals surface area contributed by atoms with Crippen LogP contribution in [0.25, 0.3) is 0 Å². The van der Waals surface area contributed by atoms with E-state index in [1.165, 1.54) is 23.2 Å². The Bertz CT molecular complexity index is 1160. The molecular weight excluding hydrogens is 539 g/mol. The van der Waals surface area contributed by atoms with Gasteiger partial charge in [0.15, 0.2) is 0 Å². The molecule has 1 fully saturated rings. The summed E-state index contributed by atoms with van der Waals surface area (Å²) in [6, 6.07) is 8.51. The Kier molecular flexibility index (Phi) is 7.32. The van der Waals surface area contributed by atoms with E-state index in [0.29, 0.717) is 14.5 Å². The van der Waals surface area contributed by atoms with Gasteiger partial charge in [0.05, 0.1) is 18.8 Å². The summed E-state index contributed by atoms with van der Waals surface area (Å²) in [4.78, 5) is 19.1. The minimum Gasteiger partial charge on any atom is -0.376 e. The highest BCUT2D eigenvalue weighted by Gasteiger charge is 2.51. The van der Waals surface area contributed by atoms with Crippen LogP contribution < -0.4 is 4.90 Å². The summed E-state index contributed by atoms with van der Waals surface area (Å²) in [6.45, 7) is -1.20. The predicted octanol–water partition coefficient (Wildman–Crippen LogP) is 4.48. The lowest BCUT2D eigenvalue weighted by atomic mass is 10.1. The van der Waals surface area contributed by atoms with Crippen molar-refractivity contribution in [2.45, 2.75) is 49.9 Å².